The zero-order valence-electron chi connectivity index (χ0n) is 17.9. The van der Waals surface area contributed by atoms with Crippen LogP contribution in [0.5, 0.6) is 0 Å². The summed E-state index contributed by atoms with van der Waals surface area (Å²) in [5.74, 6) is -1.48. The van der Waals surface area contributed by atoms with Crippen LogP contribution in [0.4, 0.5) is 8.78 Å². The summed E-state index contributed by atoms with van der Waals surface area (Å²) < 4.78 is 29.9. The summed E-state index contributed by atoms with van der Waals surface area (Å²) in [5.41, 5.74) is 0.421. The van der Waals surface area contributed by atoms with Gasteiger partial charge in [-0.25, -0.2) is 23.4 Å². The molecule has 33 heavy (non-hydrogen) atoms. The smallest absolute Gasteiger partial charge is 0.137 e. The molecule has 10 heteroatoms. The van der Waals surface area contributed by atoms with Gasteiger partial charge in [-0.2, -0.15) is 5.10 Å². The topological polar surface area (TPSA) is 80.0 Å². The minimum absolute atomic E-state index is 0.0228. The normalized spacial score (nSPS) is 16.8. The molecule has 0 radical (unpaired) electrons. The molecule has 3 aromatic heterocycles. The van der Waals surface area contributed by atoms with Crippen LogP contribution < -0.4 is 0 Å². The molecule has 7 nitrogen and oxygen atoms in total. The van der Waals surface area contributed by atoms with Crippen molar-refractivity contribution < 1.29 is 13.9 Å². The van der Waals surface area contributed by atoms with Crippen LogP contribution in [0.15, 0.2) is 55.4 Å². The molecule has 0 unspecified atom stereocenters. The molecule has 1 aromatic carbocycles. The van der Waals surface area contributed by atoms with E-state index in [1.54, 1.807) is 23.7 Å². The van der Waals surface area contributed by atoms with Gasteiger partial charge >= 0.3 is 0 Å². The molecule has 0 bridgehead atoms. The molecule has 0 spiro atoms. The lowest BCUT2D eigenvalue weighted by Crippen LogP contribution is -2.53. The van der Waals surface area contributed by atoms with Gasteiger partial charge in [0.05, 0.1) is 12.2 Å². The highest BCUT2D eigenvalue weighted by molar-refractivity contribution is 7.15. The molecule has 0 aliphatic carbocycles. The SMILES string of the molecule is C[C@@H](N1CCc2nc(-c3ccncc3)sc2C1)[C@](O)(Cn1cncn1)c1ccc(F)cc1F. The van der Waals surface area contributed by atoms with Gasteiger partial charge in [-0.3, -0.25) is 9.88 Å². The van der Waals surface area contributed by atoms with E-state index >= 15 is 0 Å². The van der Waals surface area contributed by atoms with Gasteiger partial charge in [-0.1, -0.05) is 6.07 Å². The fourth-order valence-electron chi connectivity index (χ4n) is 4.31. The molecule has 2 atom stereocenters. The number of hydrogen-bond acceptors (Lipinski definition) is 7. The quantitative estimate of drug-likeness (QED) is 0.467. The van der Waals surface area contributed by atoms with Gasteiger partial charge in [0, 0.05) is 60.0 Å². The highest BCUT2D eigenvalue weighted by Gasteiger charge is 2.43. The Morgan fingerprint density at radius 2 is 2.00 bits per heavy atom. The predicted molar refractivity (Wildman–Crippen MR) is 119 cm³/mol. The van der Waals surface area contributed by atoms with E-state index in [4.69, 9.17) is 4.98 Å². The maximum atomic E-state index is 14.9. The van der Waals surface area contributed by atoms with Gasteiger partial charge in [-0.15, -0.1) is 11.3 Å². The number of thiazole rings is 1. The lowest BCUT2D eigenvalue weighted by Gasteiger charge is -2.42. The fraction of sp³-hybridized carbons (Fsp3) is 0.304. The second kappa shape index (κ2) is 8.69. The highest BCUT2D eigenvalue weighted by Crippen LogP contribution is 2.37. The molecule has 0 amide bonds. The van der Waals surface area contributed by atoms with Crippen LogP contribution in [0.1, 0.15) is 23.1 Å². The van der Waals surface area contributed by atoms with Crippen molar-refractivity contribution in [1.29, 1.82) is 0 Å². The van der Waals surface area contributed by atoms with E-state index < -0.39 is 23.3 Å². The van der Waals surface area contributed by atoms with E-state index in [2.05, 4.69) is 20.0 Å². The van der Waals surface area contributed by atoms with Crippen molar-refractivity contribution in [2.24, 2.45) is 0 Å². The number of rotatable bonds is 6. The van der Waals surface area contributed by atoms with Gasteiger partial charge in [0.15, 0.2) is 0 Å². The molecular weight excluding hydrogens is 446 g/mol. The third-order valence-corrected chi connectivity index (χ3v) is 7.33. The summed E-state index contributed by atoms with van der Waals surface area (Å²) in [6, 6.07) is 6.63. The van der Waals surface area contributed by atoms with Gasteiger partial charge in [0.2, 0.25) is 0 Å². The maximum Gasteiger partial charge on any atom is 0.137 e. The Bertz CT molecular complexity index is 1250. The first kappa shape index (κ1) is 21.7. The number of fused-ring (bicyclic) bond motifs is 1. The fourth-order valence-corrected chi connectivity index (χ4v) is 5.45. The number of hydrogen-bond donors (Lipinski definition) is 1. The molecule has 4 aromatic rings. The van der Waals surface area contributed by atoms with Crippen molar-refractivity contribution in [3.8, 4) is 10.6 Å². The third kappa shape index (κ3) is 4.17. The van der Waals surface area contributed by atoms with Gasteiger partial charge < -0.3 is 5.11 Å². The molecule has 1 aliphatic heterocycles. The van der Waals surface area contributed by atoms with E-state index in [1.165, 1.54) is 23.4 Å². The lowest BCUT2D eigenvalue weighted by atomic mass is 9.85. The Hall–Kier alpha value is -3.08. The molecule has 1 N–H and O–H groups in total. The highest BCUT2D eigenvalue weighted by atomic mass is 32.1. The molecule has 0 fully saturated rings. The number of pyridine rings is 1. The minimum atomic E-state index is -1.67. The van der Waals surface area contributed by atoms with Gasteiger partial charge in [0.25, 0.3) is 0 Å². The van der Waals surface area contributed by atoms with E-state index in [9.17, 15) is 13.9 Å². The number of aliphatic hydroxyl groups is 1. The van der Waals surface area contributed by atoms with Gasteiger partial charge in [0.1, 0.15) is 34.9 Å². The van der Waals surface area contributed by atoms with Crippen LogP contribution in [-0.4, -0.2) is 47.3 Å². The van der Waals surface area contributed by atoms with Crippen molar-refractivity contribution in [2.45, 2.75) is 38.1 Å². The number of halogens is 2. The first-order chi connectivity index (χ1) is 15.9. The largest absolute Gasteiger partial charge is 0.381 e. The van der Waals surface area contributed by atoms with Crippen molar-refractivity contribution in [3.63, 3.8) is 0 Å². The monoisotopic (exact) mass is 468 g/mol. The van der Waals surface area contributed by atoms with Crippen molar-refractivity contribution in [1.82, 2.24) is 29.6 Å². The zero-order valence-corrected chi connectivity index (χ0v) is 18.7. The van der Waals surface area contributed by atoms with E-state index in [-0.39, 0.29) is 12.1 Å². The first-order valence-corrected chi connectivity index (χ1v) is 11.4. The van der Waals surface area contributed by atoms with Crippen LogP contribution in [0.3, 0.4) is 0 Å². The second-order valence-electron chi connectivity index (χ2n) is 8.16. The predicted octanol–water partition coefficient (Wildman–Crippen LogP) is 3.41. The van der Waals surface area contributed by atoms with Crippen LogP contribution in [-0.2, 0) is 25.1 Å². The summed E-state index contributed by atoms with van der Waals surface area (Å²) in [6.45, 7) is 3.05. The molecule has 170 valence electrons. The van der Waals surface area contributed by atoms with E-state index in [0.717, 1.165) is 33.3 Å². The Morgan fingerprint density at radius 3 is 2.73 bits per heavy atom. The lowest BCUT2D eigenvalue weighted by molar-refractivity contribution is -0.0675. The Labute approximate surface area is 193 Å². The molecule has 1 aliphatic rings. The first-order valence-electron chi connectivity index (χ1n) is 10.6. The van der Waals surface area contributed by atoms with Crippen molar-refractivity contribution in [3.05, 3.63) is 83.1 Å². The summed E-state index contributed by atoms with van der Waals surface area (Å²) in [7, 11) is 0. The van der Waals surface area contributed by atoms with E-state index in [1.807, 2.05) is 19.1 Å². The molecular formula is C23H22F2N6OS. The van der Waals surface area contributed by atoms with Crippen molar-refractivity contribution >= 4 is 11.3 Å². The van der Waals surface area contributed by atoms with Crippen LogP contribution in [0.25, 0.3) is 10.6 Å². The summed E-state index contributed by atoms with van der Waals surface area (Å²) in [4.78, 5) is 16.0. The maximum absolute atomic E-state index is 14.9. The molecule has 5 rings (SSSR count). The van der Waals surface area contributed by atoms with E-state index in [0.29, 0.717) is 19.5 Å². The zero-order chi connectivity index (χ0) is 23.0. The Morgan fingerprint density at radius 1 is 1.18 bits per heavy atom. The molecule has 0 saturated carbocycles. The molecule has 4 heterocycles. The average molecular weight is 469 g/mol. The number of benzene rings is 1. The number of aromatic nitrogens is 5. The Kier molecular flexibility index (Phi) is 5.73. The number of nitrogens with zero attached hydrogens (tertiary/aromatic N) is 6. The third-order valence-electron chi connectivity index (χ3n) is 6.19. The van der Waals surface area contributed by atoms with Gasteiger partial charge in [-0.05, 0) is 25.1 Å². The van der Waals surface area contributed by atoms with Crippen molar-refractivity contribution in [2.75, 3.05) is 6.54 Å². The summed E-state index contributed by atoms with van der Waals surface area (Å²) in [5, 5.41) is 16.9. The second-order valence-corrected chi connectivity index (χ2v) is 9.25. The minimum Gasteiger partial charge on any atom is -0.381 e. The van der Waals surface area contributed by atoms with Crippen LogP contribution in [0, 0.1) is 11.6 Å². The summed E-state index contributed by atoms with van der Waals surface area (Å²) >= 11 is 1.61. The van der Waals surface area contributed by atoms with Crippen LogP contribution in [0.2, 0.25) is 0 Å². The summed E-state index contributed by atoms with van der Waals surface area (Å²) in [6.07, 6.45) is 7.03. The standard InChI is InChI=1S/C23H22F2N6OS/c1-15(23(32,12-31-14-27-13-28-31)18-3-2-17(24)10-19(18)25)30-9-6-20-21(11-30)33-22(29-20)16-4-7-26-8-5-16/h2-5,7-8,10,13-15,32H,6,9,11-12H2,1H3/t15-,23-/m1/s1. The van der Waals surface area contributed by atoms with Crippen LogP contribution >= 0.6 is 11.3 Å². The Balaban J connectivity index is 1.46. The molecule has 0 saturated heterocycles. The average Bonchev–Trinajstić information content (AvgIpc) is 3.48.